The summed E-state index contributed by atoms with van der Waals surface area (Å²) in [5.41, 5.74) is 9.06. The van der Waals surface area contributed by atoms with Gasteiger partial charge in [0, 0.05) is 35.6 Å². The smallest absolute Gasteiger partial charge is 0.340 e. The monoisotopic (exact) mass is 854 g/mol. The molecule has 0 fully saturated rings. The van der Waals surface area contributed by atoms with Crippen LogP contribution in [0, 0.1) is 22.7 Å². The number of nitrogens with zero attached hydrogens (tertiary/aromatic N) is 4. The fraction of sp³-hybridized carbons (Fsp3) is 0.163. The van der Waals surface area contributed by atoms with Crippen molar-refractivity contribution in [2.24, 2.45) is 11.5 Å². The first-order valence-electron chi connectivity index (χ1n) is 18.9. The Morgan fingerprint density at radius 3 is 1.34 bits per heavy atom. The van der Waals surface area contributed by atoms with E-state index >= 15 is 0 Å². The molecule has 4 N–H and O–H groups in total. The van der Waals surface area contributed by atoms with Gasteiger partial charge in [-0.05, 0) is 55.7 Å². The van der Waals surface area contributed by atoms with Crippen molar-refractivity contribution in [3.8, 4) is 23.6 Å². The Morgan fingerprint density at radius 1 is 0.557 bits per heavy atom. The maximum atomic E-state index is 15.0. The first-order valence-corrected chi connectivity index (χ1v) is 21.7. The van der Waals surface area contributed by atoms with Crippen molar-refractivity contribution in [1.82, 2.24) is 0 Å². The van der Waals surface area contributed by atoms with Gasteiger partial charge in [0.15, 0.2) is 43.7 Å². The van der Waals surface area contributed by atoms with Gasteiger partial charge in [-0.3, -0.25) is 9.59 Å². The molecule has 2 amide bonds. The zero-order valence-corrected chi connectivity index (χ0v) is 33.2. The van der Waals surface area contributed by atoms with Gasteiger partial charge in [-0.1, -0.05) is 60.7 Å². The van der Waals surface area contributed by atoms with Crippen LogP contribution in [0.2, 0.25) is 0 Å². The molecule has 0 aromatic heterocycles. The van der Waals surface area contributed by atoms with E-state index in [1.807, 2.05) is 12.1 Å². The van der Waals surface area contributed by atoms with Crippen LogP contribution >= 0.6 is 0 Å². The van der Waals surface area contributed by atoms with Gasteiger partial charge in [-0.15, -0.1) is 0 Å². The molecule has 61 heavy (non-hydrogen) atoms. The van der Waals surface area contributed by atoms with Crippen molar-refractivity contribution >= 4 is 54.9 Å². The van der Waals surface area contributed by atoms with Crippen LogP contribution in [0.4, 0.5) is 11.4 Å². The quantitative estimate of drug-likeness (QED) is 0.202. The molecule has 304 valence electrons. The topological polar surface area (TPSA) is 245 Å². The minimum absolute atomic E-state index is 0.0263. The molecular formula is C43H30N6O10S2. The maximum absolute atomic E-state index is 15.0. The summed E-state index contributed by atoms with van der Waals surface area (Å²) in [6, 6.07) is 29.4. The highest BCUT2D eigenvalue weighted by Gasteiger charge is 2.67. The van der Waals surface area contributed by atoms with Gasteiger partial charge in [0.05, 0.1) is 11.1 Å². The normalized spacial score (nSPS) is 23.4. The minimum Gasteiger partial charge on any atom is -0.438 e. The summed E-state index contributed by atoms with van der Waals surface area (Å²) in [4.78, 5) is 31.7. The molecule has 0 bridgehead atoms. The van der Waals surface area contributed by atoms with Crippen molar-refractivity contribution in [1.29, 1.82) is 10.5 Å². The number of para-hydroxylation sites is 4. The fourth-order valence-corrected chi connectivity index (χ4v) is 12.4. The Morgan fingerprint density at radius 2 is 0.934 bits per heavy atom. The van der Waals surface area contributed by atoms with Crippen molar-refractivity contribution in [2.45, 2.75) is 30.1 Å². The highest BCUT2D eigenvalue weighted by atomic mass is 32.2. The van der Waals surface area contributed by atoms with Crippen molar-refractivity contribution < 1.29 is 44.3 Å². The molecule has 2 spiro atoms. The lowest BCUT2D eigenvalue weighted by molar-refractivity contribution is -0.121. The Bertz CT molecular complexity index is 2970. The number of hydrogen-bond acceptors (Lipinski definition) is 14. The molecule has 0 aliphatic carbocycles. The standard InChI is InChI=1S/C43H30N6O10S2/c44-22-28-38(46)56-34-24-12-2-8-18-32(24)58-60(52,53)36(34)42(28)26-14-4-6-16-30(26)48(40(42)50)20-10-1-11-21-49-31-17-7-5-15-27(31)43(41(49)51)29(23-45)39(47)57-35-25-13-3-9-19-33(25)59-61(54,55)37(35)43/h2-9,12-19H,1,10-11,20-21,46-47H2. The molecule has 16 nitrogen and oxygen atoms in total. The second-order valence-corrected chi connectivity index (χ2v) is 17.8. The Kier molecular flexibility index (Phi) is 8.02. The molecule has 6 aliphatic heterocycles. The zero-order valence-electron chi connectivity index (χ0n) is 31.6. The number of rotatable bonds is 6. The third kappa shape index (κ3) is 4.82. The van der Waals surface area contributed by atoms with Gasteiger partial charge >= 0.3 is 20.2 Å². The molecular weight excluding hydrogens is 825 g/mol. The molecule has 4 aromatic rings. The summed E-state index contributed by atoms with van der Waals surface area (Å²) >= 11 is 0. The van der Waals surface area contributed by atoms with E-state index in [4.69, 9.17) is 29.3 Å². The number of nitrogens with two attached hydrogens (primary N) is 2. The first kappa shape index (κ1) is 37.7. The largest absolute Gasteiger partial charge is 0.438 e. The van der Waals surface area contributed by atoms with E-state index < -0.39 is 75.6 Å². The molecule has 0 radical (unpaired) electrons. The molecule has 2 unspecified atom stereocenters. The number of nitriles is 2. The molecule has 10 rings (SSSR count). The molecule has 6 aliphatic rings. The van der Waals surface area contributed by atoms with Crippen LogP contribution < -0.4 is 29.6 Å². The summed E-state index contributed by atoms with van der Waals surface area (Å²) in [6.45, 7) is 0.123. The summed E-state index contributed by atoms with van der Waals surface area (Å²) < 4.78 is 78.8. The van der Waals surface area contributed by atoms with E-state index in [1.54, 1.807) is 84.9 Å². The van der Waals surface area contributed by atoms with E-state index in [9.17, 15) is 36.9 Å². The lowest BCUT2D eigenvalue weighted by atomic mass is 9.73. The number of unbranched alkanes of at least 4 members (excludes halogenated alkanes) is 2. The number of hydrogen-bond donors (Lipinski definition) is 2. The lowest BCUT2D eigenvalue weighted by Crippen LogP contribution is -2.49. The minimum atomic E-state index is -4.73. The number of ether oxygens (including phenoxy) is 2. The van der Waals surface area contributed by atoms with Crippen LogP contribution in [0.25, 0.3) is 11.5 Å². The predicted molar refractivity (Wildman–Crippen MR) is 216 cm³/mol. The van der Waals surface area contributed by atoms with E-state index in [0.29, 0.717) is 30.6 Å². The second kappa shape index (κ2) is 13.0. The first-order chi connectivity index (χ1) is 29.3. The summed E-state index contributed by atoms with van der Waals surface area (Å²) in [5.74, 6) is -2.80. The predicted octanol–water partition coefficient (Wildman–Crippen LogP) is 4.36. The van der Waals surface area contributed by atoms with Gasteiger partial charge in [0.1, 0.15) is 23.3 Å². The van der Waals surface area contributed by atoms with Crippen LogP contribution in [-0.2, 0) is 50.1 Å². The Hall–Kier alpha value is -7.54. The number of amides is 2. The number of anilines is 2. The number of fused-ring (bicyclic) bond motifs is 10. The third-order valence-corrected chi connectivity index (χ3v) is 14.5. The molecule has 2 atom stereocenters. The van der Waals surface area contributed by atoms with Crippen LogP contribution in [0.5, 0.6) is 11.5 Å². The molecule has 18 heteroatoms. The van der Waals surface area contributed by atoms with E-state index in [0.717, 1.165) is 0 Å². The maximum Gasteiger partial charge on any atom is 0.340 e. The summed E-state index contributed by atoms with van der Waals surface area (Å²) in [6.07, 6.45) is 1.07. The van der Waals surface area contributed by atoms with Gasteiger partial charge < -0.3 is 39.1 Å². The van der Waals surface area contributed by atoms with E-state index in [1.165, 1.54) is 21.9 Å². The van der Waals surface area contributed by atoms with Gasteiger partial charge in [-0.25, -0.2) is 0 Å². The Balaban J connectivity index is 0.964. The average Bonchev–Trinajstić information content (AvgIpc) is 3.61. The molecule has 6 heterocycles. The van der Waals surface area contributed by atoms with E-state index in [2.05, 4.69) is 0 Å². The highest BCUT2D eigenvalue weighted by molar-refractivity contribution is 7.91. The summed E-state index contributed by atoms with van der Waals surface area (Å²) in [5, 5.41) is 21.0. The van der Waals surface area contributed by atoms with Crippen LogP contribution in [0.1, 0.15) is 41.5 Å². The van der Waals surface area contributed by atoms with Crippen LogP contribution in [0.3, 0.4) is 0 Å². The lowest BCUT2D eigenvalue weighted by Gasteiger charge is -2.37. The third-order valence-electron chi connectivity index (χ3n) is 11.7. The SMILES string of the molecule is N#CC1=C(N)OC2=C(C13C(=O)N(CCCCCN1C(=O)C4(C(C#N)=C(N)OC5=C4S(=O)(=O)Oc4ccccc45)c4ccccc41)c1ccccc13)S(=O)(=O)Oc1ccccc12. The van der Waals surface area contributed by atoms with Gasteiger partial charge in [0.25, 0.3) is 0 Å². The van der Waals surface area contributed by atoms with Gasteiger partial charge in [0.2, 0.25) is 23.6 Å². The molecule has 0 saturated carbocycles. The van der Waals surface area contributed by atoms with Crippen LogP contribution in [0.15, 0.2) is 130 Å². The highest BCUT2D eigenvalue weighted by Crippen LogP contribution is 2.60. The Labute approximate surface area is 348 Å². The number of benzene rings is 4. The number of carbonyl (C=O) groups excluding carboxylic acids is 2. The summed E-state index contributed by atoms with van der Waals surface area (Å²) in [7, 11) is -9.46. The van der Waals surface area contributed by atoms with Gasteiger partial charge in [-0.2, -0.15) is 27.4 Å². The second-order valence-electron chi connectivity index (χ2n) is 14.8. The van der Waals surface area contributed by atoms with Crippen molar-refractivity contribution in [3.05, 3.63) is 152 Å². The van der Waals surface area contributed by atoms with Crippen LogP contribution in [-0.4, -0.2) is 41.7 Å². The fourth-order valence-electron chi connectivity index (χ4n) is 9.35. The average molecular weight is 855 g/mol. The molecule has 4 aromatic carbocycles. The zero-order chi connectivity index (χ0) is 42.6. The van der Waals surface area contributed by atoms with Crippen molar-refractivity contribution in [2.75, 3.05) is 22.9 Å². The van der Waals surface area contributed by atoms with E-state index in [-0.39, 0.29) is 58.4 Å². The molecule has 0 saturated heterocycles. The number of carbonyl (C=O) groups is 2. The van der Waals surface area contributed by atoms with Crippen molar-refractivity contribution in [3.63, 3.8) is 0 Å².